The van der Waals surface area contributed by atoms with Crippen molar-refractivity contribution in [3.05, 3.63) is 12.2 Å². The molecular weight excluding hydrogens is 190 g/mol. The molecule has 0 radical (unpaired) electrons. The Morgan fingerprint density at radius 2 is 2.33 bits per heavy atom. The highest BCUT2D eigenvalue weighted by molar-refractivity contribution is 4.89. The summed E-state index contributed by atoms with van der Waals surface area (Å²) in [5.41, 5.74) is 0. The van der Waals surface area contributed by atoms with E-state index in [-0.39, 0.29) is 0 Å². The molecule has 5 nitrogen and oxygen atoms in total. The molecule has 1 aliphatic heterocycles. The fourth-order valence-electron chi connectivity index (χ4n) is 1.94. The summed E-state index contributed by atoms with van der Waals surface area (Å²) in [6, 6.07) is 0. The van der Waals surface area contributed by atoms with Gasteiger partial charge in [-0.05, 0) is 33.0 Å². The Labute approximate surface area is 90.5 Å². The van der Waals surface area contributed by atoms with Gasteiger partial charge in [0.15, 0.2) is 0 Å². The van der Waals surface area contributed by atoms with Crippen LogP contribution < -0.4 is 5.32 Å². The number of rotatable bonds is 5. The van der Waals surface area contributed by atoms with E-state index in [1.165, 1.54) is 19.4 Å². The second kappa shape index (κ2) is 5.23. The third-order valence-electron chi connectivity index (χ3n) is 2.87. The van der Waals surface area contributed by atoms with E-state index < -0.39 is 0 Å². The van der Waals surface area contributed by atoms with Gasteiger partial charge in [-0.2, -0.15) is 0 Å². The Morgan fingerprint density at radius 3 is 3.20 bits per heavy atom. The Kier molecular flexibility index (Phi) is 3.69. The molecule has 0 fully saturated rings. The molecule has 1 aromatic rings. The average molecular weight is 209 g/mol. The molecule has 0 atom stereocenters. The minimum absolute atomic E-state index is 0.958. The van der Waals surface area contributed by atoms with Gasteiger partial charge < -0.3 is 9.88 Å². The first-order chi connectivity index (χ1) is 7.40. The monoisotopic (exact) mass is 209 g/mol. The van der Waals surface area contributed by atoms with Crippen molar-refractivity contribution < 1.29 is 0 Å². The lowest BCUT2D eigenvalue weighted by molar-refractivity contribution is 0.213. The maximum absolute atomic E-state index is 4.11. The Hall–Kier alpha value is -0.940. The summed E-state index contributed by atoms with van der Waals surface area (Å²) < 4.78 is 2.14. The van der Waals surface area contributed by atoms with Crippen LogP contribution in [0.25, 0.3) is 0 Å². The van der Waals surface area contributed by atoms with E-state index in [0.29, 0.717) is 0 Å². The molecule has 0 saturated heterocycles. The highest BCUT2D eigenvalue weighted by Crippen LogP contribution is 2.09. The van der Waals surface area contributed by atoms with Crippen LogP contribution in [0.3, 0.4) is 0 Å². The van der Waals surface area contributed by atoms with Gasteiger partial charge in [0.1, 0.15) is 12.2 Å². The van der Waals surface area contributed by atoms with Crippen molar-refractivity contribution in [1.82, 2.24) is 25.0 Å². The molecular formula is C10H19N5. The second-order valence-corrected chi connectivity index (χ2v) is 4.03. The van der Waals surface area contributed by atoms with Crippen molar-refractivity contribution in [2.75, 3.05) is 26.7 Å². The molecule has 0 spiro atoms. The van der Waals surface area contributed by atoms with Gasteiger partial charge in [-0.25, -0.2) is 0 Å². The minimum atomic E-state index is 0.958. The maximum Gasteiger partial charge on any atom is 0.147 e. The van der Waals surface area contributed by atoms with E-state index in [1.54, 1.807) is 0 Å². The van der Waals surface area contributed by atoms with Crippen molar-refractivity contribution in [3.63, 3.8) is 0 Å². The Balaban J connectivity index is 1.73. The molecule has 5 heteroatoms. The number of hydrogen-bond donors (Lipinski definition) is 1. The number of hydrogen-bond acceptors (Lipinski definition) is 4. The SMILES string of the molecule is CNCCCCN1CCn2cnnc2C1. The van der Waals surface area contributed by atoms with Crippen molar-refractivity contribution in [2.24, 2.45) is 0 Å². The first kappa shape index (κ1) is 10.6. The summed E-state index contributed by atoms with van der Waals surface area (Å²) in [5, 5.41) is 11.2. The molecule has 2 rings (SSSR count). The molecule has 2 heterocycles. The number of nitrogens with zero attached hydrogens (tertiary/aromatic N) is 4. The van der Waals surface area contributed by atoms with E-state index in [4.69, 9.17) is 0 Å². The van der Waals surface area contributed by atoms with Gasteiger partial charge in [0.25, 0.3) is 0 Å². The molecule has 1 aromatic heterocycles. The zero-order chi connectivity index (χ0) is 10.5. The maximum atomic E-state index is 4.11. The molecule has 0 aromatic carbocycles. The zero-order valence-corrected chi connectivity index (χ0v) is 9.32. The number of nitrogens with one attached hydrogen (secondary N) is 1. The molecule has 84 valence electrons. The highest BCUT2D eigenvalue weighted by Gasteiger charge is 2.16. The Morgan fingerprint density at radius 1 is 1.40 bits per heavy atom. The smallest absolute Gasteiger partial charge is 0.147 e. The standard InChI is InChI=1S/C10H19N5/c1-11-4-2-3-5-14-6-7-15-9-12-13-10(15)8-14/h9,11H,2-8H2,1H3. The van der Waals surface area contributed by atoms with Crippen molar-refractivity contribution in [2.45, 2.75) is 25.9 Å². The van der Waals surface area contributed by atoms with Crippen LogP contribution in [0.2, 0.25) is 0 Å². The fraction of sp³-hybridized carbons (Fsp3) is 0.800. The van der Waals surface area contributed by atoms with Gasteiger partial charge in [0.2, 0.25) is 0 Å². The summed E-state index contributed by atoms with van der Waals surface area (Å²) in [6.45, 7) is 5.41. The lowest BCUT2D eigenvalue weighted by Gasteiger charge is -2.26. The second-order valence-electron chi connectivity index (χ2n) is 4.03. The van der Waals surface area contributed by atoms with Crippen LogP contribution in [0, 0.1) is 0 Å². The molecule has 0 unspecified atom stereocenters. The van der Waals surface area contributed by atoms with Crippen LogP contribution in [0.1, 0.15) is 18.7 Å². The average Bonchev–Trinajstić information content (AvgIpc) is 2.71. The Bertz CT molecular complexity index is 296. The van der Waals surface area contributed by atoms with Gasteiger partial charge in [0.05, 0.1) is 6.54 Å². The van der Waals surface area contributed by atoms with E-state index >= 15 is 0 Å². The fourth-order valence-corrected chi connectivity index (χ4v) is 1.94. The summed E-state index contributed by atoms with van der Waals surface area (Å²) in [7, 11) is 2.00. The highest BCUT2D eigenvalue weighted by atomic mass is 15.3. The van der Waals surface area contributed by atoms with Crippen LogP contribution in [0.4, 0.5) is 0 Å². The zero-order valence-electron chi connectivity index (χ0n) is 9.32. The van der Waals surface area contributed by atoms with Crippen molar-refractivity contribution in [3.8, 4) is 0 Å². The summed E-state index contributed by atoms with van der Waals surface area (Å²) in [6.07, 6.45) is 4.34. The lowest BCUT2D eigenvalue weighted by atomic mass is 10.2. The van der Waals surface area contributed by atoms with Gasteiger partial charge in [-0.3, -0.25) is 4.90 Å². The van der Waals surface area contributed by atoms with Gasteiger partial charge in [0, 0.05) is 13.1 Å². The van der Waals surface area contributed by atoms with E-state index in [2.05, 4.69) is 25.0 Å². The molecule has 0 bridgehead atoms. The van der Waals surface area contributed by atoms with E-state index in [0.717, 1.165) is 32.0 Å². The lowest BCUT2D eigenvalue weighted by Crippen LogP contribution is -2.34. The van der Waals surface area contributed by atoms with E-state index in [1.807, 2.05) is 13.4 Å². The summed E-state index contributed by atoms with van der Waals surface area (Å²) in [4.78, 5) is 2.46. The third kappa shape index (κ3) is 2.76. The molecule has 15 heavy (non-hydrogen) atoms. The van der Waals surface area contributed by atoms with Gasteiger partial charge >= 0.3 is 0 Å². The normalized spacial score (nSPS) is 16.6. The molecule has 0 aliphatic carbocycles. The molecule has 0 saturated carbocycles. The number of aromatic nitrogens is 3. The minimum Gasteiger partial charge on any atom is -0.320 e. The summed E-state index contributed by atoms with van der Waals surface area (Å²) in [5.74, 6) is 1.11. The topological polar surface area (TPSA) is 46.0 Å². The molecule has 1 N–H and O–H groups in total. The van der Waals surface area contributed by atoms with Crippen LogP contribution in [-0.4, -0.2) is 46.3 Å². The van der Waals surface area contributed by atoms with Crippen LogP contribution >= 0.6 is 0 Å². The largest absolute Gasteiger partial charge is 0.320 e. The van der Waals surface area contributed by atoms with E-state index in [9.17, 15) is 0 Å². The predicted molar refractivity (Wildman–Crippen MR) is 58.5 cm³/mol. The van der Waals surface area contributed by atoms with Crippen LogP contribution in [-0.2, 0) is 13.1 Å². The molecule has 1 aliphatic rings. The van der Waals surface area contributed by atoms with Crippen molar-refractivity contribution in [1.29, 1.82) is 0 Å². The number of fused-ring (bicyclic) bond motifs is 1. The predicted octanol–water partition coefficient (Wildman–Crippen LogP) is 0.0933. The van der Waals surface area contributed by atoms with Gasteiger partial charge in [-0.15, -0.1) is 10.2 Å². The van der Waals surface area contributed by atoms with Crippen molar-refractivity contribution >= 4 is 0 Å². The van der Waals surface area contributed by atoms with Crippen LogP contribution in [0.15, 0.2) is 6.33 Å². The first-order valence-corrected chi connectivity index (χ1v) is 5.64. The first-order valence-electron chi connectivity index (χ1n) is 5.64. The number of unbranched alkanes of at least 4 members (excludes halogenated alkanes) is 1. The molecule has 0 amide bonds. The third-order valence-corrected chi connectivity index (χ3v) is 2.87. The summed E-state index contributed by atoms with van der Waals surface area (Å²) >= 11 is 0. The quantitative estimate of drug-likeness (QED) is 0.698. The van der Waals surface area contributed by atoms with Gasteiger partial charge in [-0.1, -0.05) is 0 Å². The van der Waals surface area contributed by atoms with Crippen LogP contribution in [0.5, 0.6) is 0 Å².